The average molecular weight is 336 g/mol. The predicted molar refractivity (Wildman–Crippen MR) is 94.4 cm³/mol. The summed E-state index contributed by atoms with van der Waals surface area (Å²) < 4.78 is 27.8. The van der Waals surface area contributed by atoms with Crippen LogP contribution in [0.5, 0.6) is 0 Å². The Morgan fingerprint density at radius 2 is 1.78 bits per heavy atom. The minimum absolute atomic E-state index is 0.288. The van der Waals surface area contributed by atoms with Crippen molar-refractivity contribution in [1.29, 1.82) is 0 Å². The Hall–Kier alpha value is -1.63. The second-order valence-corrected chi connectivity index (χ2v) is 7.65. The molecule has 0 aliphatic carbocycles. The van der Waals surface area contributed by atoms with Gasteiger partial charge in [-0.25, -0.2) is 13.1 Å². The van der Waals surface area contributed by atoms with Crippen LogP contribution >= 0.6 is 0 Å². The van der Waals surface area contributed by atoms with E-state index < -0.39 is 16.1 Å². The van der Waals surface area contributed by atoms with Crippen molar-refractivity contribution in [2.75, 3.05) is 25.5 Å². The summed E-state index contributed by atoms with van der Waals surface area (Å²) in [7, 11) is 0.292. The SMILES string of the molecule is CC(O)CCCNS(=O)(=O)c1cccc2c(N(C)C)cccc12. The first-order valence-corrected chi connectivity index (χ1v) is 9.18. The molecule has 0 aliphatic rings. The van der Waals surface area contributed by atoms with Gasteiger partial charge in [-0.1, -0.05) is 24.3 Å². The zero-order chi connectivity index (χ0) is 17.0. The van der Waals surface area contributed by atoms with Crippen LogP contribution < -0.4 is 9.62 Å². The van der Waals surface area contributed by atoms with Crippen molar-refractivity contribution >= 4 is 26.5 Å². The van der Waals surface area contributed by atoms with E-state index in [1.807, 2.05) is 43.3 Å². The maximum absolute atomic E-state index is 12.6. The van der Waals surface area contributed by atoms with Gasteiger partial charge in [-0.3, -0.25) is 0 Å². The van der Waals surface area contributed by atoms with Crippen LogP contribution in [0.4, 0.5) is 5.69 Å². The van der Waals surface area contributed by atoms with Crippen molar-refractivity contribution in [2.24, 2.45) is 0 Å². The lowest BCUT2D eigenvalue weighted by Gasteiger charge is -2.17. The van der Waals surface area contributed by atoms with E-state index in [-0.39, 0.29) is 4.90 Å². The molecular formula is C17H24N2O3S. The molecule has 1 unspecified atom stereocenters. The van der Waals surface area contributed by atoms with E-state index in [2.05, 4.69) is 4.72 Å². The maximum Gasteiger partial charge on any atom is 0.241 e. The number of aliphatic hydroxyl groups is 1. The lowest BCUT2D eigenvalue weighted by molar-refractivity contribution is 0.182. The normalized spacial score (nSPS) is 13.2. The van der Waals surface area contributed by atoms with Crippen LogP contribution in [0.2, 0.25) is 0 Å². The third kappa shape index (κ3) is 4.22. The van der Waals surface area contributed by atoms with Crippen molar-refractivity contribution in [3.05, 3.63) is 36.4 Å². The zero-order valence-electron chi connectivity index (χ0n) is 13.8. The number of anilines is 1. The molecule has 2 aromatic rings. The van der Waals surface area contributed by atoms with Crippen molar-refractivity contribution < 1.29 is 13.5 Å². The highest BCUT2D eigenvalue weighted by Crippen LogP contribution is 2.30. The predicted octanol–water partition coefficient (Wildman–Crippen LogP) is 2.35. The van der Waals surface area contributed by atoms with E-state index in [1.165, 1.54) is 0 Å². The van der Waals surface area contributed by atoms with Gasteiger partial charge in [0, 0.05) is 37.1 Å². The Balaban J connectivity index is 2.34. The van der Waals surface area contributed by atoms with Crippen LogP contribution in [0, 0.1) is 0 Å². The summed E-state index contributed by atoms with van der Waals surface area (Å²) in [5, 5.41) is 10.9. The average Bonchev–Trinajstić information content (AvgIpc) is 2.50. The van der Waals surface area contributed by atoms with Crippen LogP contribution in [0.1, 0.15) is 19.8 Å². The number of nitrogens with zero attached hydrogens (tertiary/aromatic N) is 1. The molecule has 5 nitrogen and oxygen atoms in total. The highest BCUT2D eigenvalue weighted by molar-refractivity contribution is 7.89. The molecule has 23 heavy (non-hydrogen) atoms. The number of hydrogen-bond acceptors (Lipinski definition) is 4. The maximum atomic E-state index is 12.6. The van der Waals surface area contributed by atoms with Gasteiger partial charge in [0.1, 0.15) is 0 Å². The van der Waals surface area contributed by atoms with E-state index >= 15 is 0 Å². The van der Waals surface area contributed by atoms with E-state index in [1.54, 1.807) is 19.1 Å². The van der Waals surface area contributed by atoms with Gasteiger partial charge in [-0.05, 0) is 31.9 Å². The first-order valence-electron chi connectivity index (χ1n) is 7.70. The van der Waals surface area contributed by atoms with E-state index in [9.17, 15) is 13.5 Å². The number of rotatable bonds is 7. The molecule has 0 aliphatic heterocycles. The van der Waals surface area contributed by atoms with Gasteiger partial charge in [0.15, 0.2) is 0 Å². The Kier molecular flexibility index (Phi) is 5.62. The third-order valence-corrected chi connectivity index (χ3v) is 5.24. The topological polar surface area (TPSA) is 69.6 Å². The van der Waals surface area contributed by atoms with Crippen LogP contribution in [0.3, 0.4) is 0 Å². The molecule has 6 heteroatoms. The summed E-state index contributed by atoms with van der Waals surface area (Å²) in [6.45, 7) is 2.01. The van der Waals surface area contributed by atoms with Gasteiger partial charge in [-0.15, -0.1) is 0 Å². The largest absolute Gasteiger partial charge is 0.393 e. The molecule has 126 valence electrons. The summed E-state index contributed by atoms with van der Waals surface area (Å²) in [6.07, 6.45) is 0.757. The molecule has 0 radical (unpaired) electrons. The minimum atomic E-state index is -3.58. The molecule has 0 saturated heterocycles. The fraction of sp³-hybridized carbons (Fsp3) is 0.412. The number of hydrogen-bond donors (Lipinski definition) is 2. The number of fused-ring (bicyclic) bond motifs is 1. The van der Waals surface area contributed by atoms with E-state index in [0.29, 0.717) is 24.8 Å². The van der Waals surface area contributed by atoms with Gasteiger partial charge < -0.3 is 10.0 Å². The first kappa shape index (κ1) is 17.7. The Morgan fingerprint density at radius 1 is 1.13 bits per heavy atom. The summed E-state index contributed by atoms with van der Waals surface area (Å²) in [5.41, 5.74) is 0.980. The molecule has 0 spiro atoms. The van der Waals surface area contributed by atoms with Crippen molar-refractivity contribution in [1.82, 2.24) is 4.72 Å². The van der Waals surface area contributed by atoms with Crippen LogP contribution in [0.25, 0.3) is 10.8 Å². The van der Waals surface area contributed by atoms with E-state index in [4.69, 9.17) is 0 Å². The molecule has 0 amide bonds. The third-order valence-electron chi connectivity index (χ3n) is 3.72. The Morgan fingerprint density at radius 3 is 2.43 bits per heavy atom. The second kappa shape index (κ2) is 7.29. The van der Waals surface area contributed by atoms with Gasteiger partial charge in [0.25, 0.3) is 0 Å². The lowest BCUT2D eigenvalue weighted by atomic mass is 10.1. The lowest BCUT2D eigenvalue weighted by Crippen LogP contribution is -2.25. The van der Waals surface area contributed by atoms with Crippen LogP contribution in [-0.4, -0.2) is 40.3 Å². The minimum Gasteiger partial charge on any atom is -0.393 e. The number of aliphatic hydroxyl groups excluding tert-OH is 1. The summed E-state index contributed by atoms with van der Waals surface area (Å²) in [6, 6.07) is 11.0. The first-order chi connectivity index (χ1) is 10.8. The van der Waals surface area contributed by atoms with Crippen molar-refractivity contribution in [3.8, 4) is 0 Å². The second-order valence-electron chi connectivity index (χ2n) is 5.91. The van der Waals surface area contributed by atoms with Crippen LogP contribution in [-0.2, 0) is 10.0 Å². The molecule has 0 saturated carbocycles. The Labute approximate surface area is 138 Å². The zero-order valence-corrected chi connectivity index (χ0v) is 14.6. The molecule has 0 bridgehead atoms. The molecule has 1 atom stereocenters. The molecule has 2 N–H and O–H groups in total. The number of sulfonamides is 1. The number of benzene rings is 2. The molecule has 2 aromatic carbocycles. The fourth-order valence-electron chi connectivity index (χ4n) is 2.57. The van der Waals surface area contributed by atoms with Crippen molar-refractivity contribution in [2.45, 2.75) is 30.8 Å². The molecule has 0 heterocycles. The van der Waals surface area contributed by atoms with E-state index in [0.717, 1.165) is 11.1 Å². The number of nitrogens with one attached hydrogen (secondary N) is 1. The molecular weight excluding hydrogens is 312 g/mol. The van der Waals surface area contributed by atoms with Gasteiger partial charge >= 0.3 is 0 Å². The van der Waals surface area contributed by atoms with Crippen LogP contribution in [0.15, 0.2) is 41.3 Å². The smallest absolute Gasteiger partial charge is 0.241 e. The summed E-state index contributed by atoms with van der Waals surface area (Å²) in [5.74, 6) is 0. The Bertz CT molecular complexity index is 771. The van der Waals surface area contributed by atoms with Gasteiger partial charge in [0.05, 0.1) is 11.0 Å². The molecule has 2 rings (SSSR count). The fourth-order valence-corrected chi connectivity index (χ4v) is 3.86. The van der Waals surface area contributed by atoms with Gasteiger partial charge in [-0.2, -0.15) is 0 Å². The summed E-state index contributed by atoms with van der Waals surface area (Å²) >= 11 is 0. The molecule has 0 fully saturated rings. The quantitative estimate of drug-likeness (QED) is 0.762. The summed E-state index contributed by atoms with van der Waals surface area (Å²) in [4.78, 5) is 2.25. The standard InChI is InChI=1S/C17H24N2O3S/c1-13(20)7-6-12-18-23(21,22)17-11-5-8-14-15(17)9-4-10-16(14)19(2)3/h4-5,8-11,13,18,20H,6-7,12H2,1-3H3. The highest BCUT2D eigenvalue weighted by Gasteiger charge is 2.18. The van der Waals surface area contributed by atoms with Crippen molar-refractivity contribution in [3.63, 3.8) is 0 Å². The monoisotopic (exact) mass is 336 g/mol. The molecule has 0 aromatic heterocycles. The van der Waals surface area contributed by atoms with Gasteiger partial charge in [0.2, 0.25) is 10.0 Å². The highest BCUT2D eigenvalue weighted by atomic mass is 32.2.